The molecule has 0 N–H and O–H groups in total. The van der Waals surface area contributed by atoms with E-state index >= 15 is 0 Å². The number of methoxy groups -OCH3 is 1. The molecular weight excluding hydrogens is 382 g/mol. The number of nitrogens with zero attached hydrogens (tertiary/aromatic N) is 3. The fraction of sp³-hybridized carbons (Fsp3) is 0.130. The first-order chi connectivity index (χ1) is 14.1. The predicted molar refractivity (Wildman–Crippen MR) is 116 cm³/mol. The lowest BCUT2D eigenvalue weighted by Gasteiger charge is -2.06. The van der Waals surface area contributed by atoms with Gasteiger partial charge in [-0.25, -0.2) is 4.98 Å². The van der Waals surface area contributed by atoms with Crippen LogP contribution in [0.15, 0.2) is 65.4 Å². The standard InChI is InChI=1S/C23H19N3O2S/c1-14-12-15(2)24-23-20(14)21(26-10-4-5-11-26)22(29-23)19-13-18(25-28-19)16-6-8-17(27-3)9-7-16/h4-13H,1-3H3. The fourth-order valence-corrected chi connectivity index (χ4v) is 4.84. The number of aryl methyl sites for hydroxylation is 2. The van der Waals surface area contributed by atoms with E-state index in [-0.39, 0.29) is 0 Å². The Morgan fingerprint density at radius 3 is 2.52 bits per heavy atom. The van der Waals surface area contributed by atoms with Crippen molar-refractivity contribution < 1.29 is 9.26 Å². The molecule has 1 aromatic carbocycles. The molecule has 0 aliphatic rings. The van der Waals surface area contributed by atoms with Crippen LogP contribution in [0.1, 0.15) is 11.3 Å². The van der Waals surface area contributed by atoms with E-state index in [9.17, 15) is 0 Å². The van der Waals surface area contributed by atoms with Crippen LogP contribution in [0.25, 0.3) is 37.8 Å². The van der Waals surface area contributed by atoms with Gasteiger partial charge in [0.2, 0.25) is 0 Å². The number of fused-ring (bicyclic) bond motifs is 1. The van der Waals surface area contributed by atoms with E-state index in [2.05, 4.69) is 22.7 Å². The normalized spacial score (nSPS) is 11.3. The van der Waals surface area contributed by atoms with Crippen LogP contribution in [0.2, 0.25) is 0 Å². The van der Waals surface area contributed by atoms with Crippen molar-refractivity contribution in [3.05, 3.63) is 72.2 Å². The zero-order valence-electron chi connectivity index (χ0n) is 16.3. The molecule has 144 valence electrons. The molecule has 4 aromatic heterocycles. The predicted octanol–water partition coefficient (Wildman–Crippen LogP) is 6.03. The van der Waals surface area contributed by atoms with Crippen LogP contribution in [0.3, 0.4) is 0 Å². The van der Waals surface area contributed by atoms with Gasteiger partial charge in [-0.3, -0.25) is 0 Å². The van der Waals surface area contributed by atoms with Gasteiger partial charge in [0.15, 0.2) is 5.76 Å². The molecule has 0 spiro atoms. The van der Waals surface area contributed by atoms with Crippen LogP contribution in [0.4, 0.5) is 0 Å². The van der Waals surface area contributed by atoms with Crippen molar-refractivity contribution in [1.29, 1.82) is 0 Å². The smallest absolute Gasteiger partial charge is 0.179 e. The molecule has 0 fully saturated rings. The molecule has 0 aliphatic carbocycles. The molecule has 4 heterocycles. The summed E-state index contributed by atoms with van der Waals surface area (Å²) in [6, 6.07) is 16.0. The van der Waals surface area contributed by atoms with E-state index in [4.69, 9.17) is 14.2 Å². The van der Waals surface area contributed by atoms with Gasteiger partial charge in [0.05, 0.1) is 17.7 Å². The van der Waals surface area contributed by atoms with Crippen LogP contribution in [-0.4, -0.2) is 21.8 Å². The Balaban J connectivity index is 1.68. The summed E-state index contributed by atoms with van der Waals surface area (Å²) in [5, 5.41) is 5.46. The van der Waals surface area contributed by atoms with Crippen molar-refractivity contribution >= 4 is 21.6 Å². The monoisotopic (exact) mass is 401 g/mol. The summed E-state index contributed by atoms with van der Waals surface area (Å²) in [7, 11) is 1.66. The van der Waals surface area contributed by atoms with E-state index in [1.165, 1.54) is 5.56 Å². The van der Waals surface area contributed by atoms with Crippen molar-refractivity contribution in [2.24, 2.45) is 0 Å². The maximum absolute atomic E-state index is 5.79. The van der Waals surface area contributed by atoms with Crippen molar-refractivity contribution in [2.75, 3.05) is 7.11 Å². The van der Waals surface area contributed by atoms with Gasteiger partial charge in [0.25, 0.3) is 0 Å². The Bertz CT molecular complexity index is 1300. The molecule has 0 radical (unpaired) electrons. The summed E-state index contributed by atoms with van der Waals surface area (Å²) < 4.78 is 13.1. The first-order valence-corrected chi connectivity index (χ1v) is 10.1. The lowest BCUT2D eigenvalue weighted by molar-refractivity contribution is 0.415. The molecule has 0 saturated heterocycles. The number of hydrogen-bond acceptors (Lipinski definition) is 5. The second-order valence-corrected chi connectivity index (χ2v) is 7.93. The Morgan fingerprint density at radius 2 is 1.79 bits per heavy atom. The van der Waals surface area contributed by atoms with Gasteiger partial charge in [0.1, 0.15) is 16.3 Å². The number of ether oxygens (including phenoxy) is 1. The molecule has 5 nitrogen and oxygen atoms in total. The van der Waals surface area contributed by atoms with E-state index < -0.39 is 0 Å². The highest BCUT2D eigenvalue weighted by Gasteiger charge is 2.21. The molecule has 0 saturated carbocycles. The molecule has 6 heteroatoms. The molecule has 29 heavy (non-hydrogen) atoms. The molecule has 0 bridgehead atoms. The average molecular weight is 401 g/mol. The second-order valence-electron chi connectivity index (χ2n) is 6.94. The molecule has 5 rings (SSSR count). The molecule has 0 unspecified atom stereocenters. The van der Waals surface area contributed by atoms with E-state index in [1.807, 2.05) is 61.8 Å². The van der Waals surface area contributed by atoms with Crippen LogP contribution in [0.5, 0.6) is 5.75 Å². The molecule has 0 amide bonds. The summed E-state index contributed by atoms with van der Waals surface area (Å²) in [6.07, 6.45) is 4.09. The van der Waals surface area contributed by atoms with Gasteiger partial charge in [-0.1, -0.05) is 5.16 Å². The number of pyridine rings is 1. The number of benzene rings is 1. The Kier molecular flexibility index (Phi) is 4.21. The molecular formula is C23H19N3O2S. The second kappa shape index (κ2) is 6.90. The first-order valence-electron chi connectivity index (χ1n) is 9.29. The van der Waals surface area contributed by atoms with Crippen LogP contribution >= 0.6 is 11.3 Å². The van der Waals surface area contributed by atoms with Gasteiger partial charge in [-0.15, -0.1) is 11.3 Å². The molecule has 5 aromatic rings. The first kappa shape index (κ1) is 17.7. The summed E-state index contributed by atoms with van der Waals surface area (Å²) >= 11 is 1.63. The van der Waals surface area contributed by atoms with Gasteiger partial charge < -0.3 is 13.8 Å². The zero-order valence-corrected chi connectivity index (χ0v) is 17.2. The topological polar surface area (TPSA) is 53.1 Å². The number of aromatic nitrogens is 3. The third kappa shape index (κ3) is 3.02. The Morgan fingerprint density at radius 1 is 1.03 bits per heavy atom. The minimum Gasteiger partial charge on any atom is -0.497 e. The summed E-state index contributed by atoms with van der Waals surface area (Å²) in [5.41, 5.74) is 5.07. The molecule has 0 atom stereocenters. The maximum Gasteiger partial charge on any atom is 0.179 e. The Labute approximate surface area is 172 Å². The number of rotatable bonds is 4. The van der Waals surface area contributed by atoms with Gasteiger partial charge >= 0.3 is 0 Å². The SMILES string of the molecule is COc1ccc(-c2cc(-c3sc4nc(C)cc(C)c4c3-n3cccc3)on2)cc1. The van der Waals surface area contributed by atoms with Crippen LogP contribution in [0, 0.1) is 13.8 Å². The quantitative estimate of drug-likeness (QED) is 0.369. The van der Waals surface area contributed by atoms with Crippen molar-refractivity contribution in [3.63, 3.8) is 0 Å². The van der Waals surface area contributed by atoms with E-state index in [1.54, 1.807) is 18.4 Å². The number of thiophene rings is 1. The minimum atomic E-state index is 0.736. The Hall–Kier alpha value is -3.38. The lowest BCUT2D eigenvalue weighted by Crippen LogP contribution is -1.92. The minimum absolute atomic E-state index is 0.736. The third-order valence-electron chi connectivity index (χ3n) is 4.94. The van der Waals surface area contributed by atoms with Crippen molar-refractivity contribution in [2.45, 2.75) is 13.8 Å². The highest BCUT2D eigenvalue weighted by Crippen LogP contribution is 2.43. The van der Waals surface area contributed by atoms with Gasteiger partial charge in [-0.05, 0) is 61.9 Å². The maximum atomic E-state index is 5.79. The van der Waals surface area contributed by atoms with E-state index in [0.717, 1.165) is 49.2 Å². The zero-order chi connectivity index (χ0) is 20.0. The largest absolute Gasteiger partial charge is 0.497 e. The van der Waals surface area contributed by atoms with E-state index in [0.29, 0.717) is 0 Å². The average Bonchev–Trinajstić information content (AvgIpc) is 3.46. The summed E-state index contributed by atoms with van der Waals surface area (Å²) in [6.45, 7) is 4.15. The van der Waals surface area contributed by atoms with Crippen molar-refractivity contribution in [3.8, 4) is 33.3 Å². The number of hydrogen-bond donors (Lipinski definition) is 0. The summed E-state index contributed by atoms with van der Waals surface area (Å²) in [4.78, 5) is 6.79. The van der Waals surface area contributed by atoms with Crippen molar-refractivity contribution in [1.82, 2.24) is 14.7 Å². The highest BCUT2D eigenvalue weighted by molar-refractivity contribution is 7.22. The lowest BCUT2D eigenvalue weighted by atomic mass is 10.1. The molecule has 0 aliphatic heterocycles. The van der Waals surface area contributed by atoms with Gasteiger partial charge in [0, 0.05) is 35.1 Å². The summed E-state index contributed by atoms with van der Waals surface area (Å²) in [5.74, 6) is 1.55. The van der Waals surface area contributed by atoms with Gasteiger partial charge in [-0.2, -0.15) is 0 Å². The fourth-order valence-electron chi connectivity index (χ4n) is 3.60. The van der Waals surface area contributed by atoms with Crippen LogP contribution in [-0.2, 0) is 0 Å². The highest BCUT2D eigenvalue weighted by atomic mass is 32.1. The van der Waals surface area contributed by atoms with Crippen LogP contribution < -0.4 is 4.74 Å². The third-order valence-corrected chi connectivity index (χ3v) is 6.03.